The van der Waals surface area contributed by atoms with Gasteiger partial charge in [0, 0.05) is 24.8 Å². The first-order chi connectivity index (χ1) is 10.1. The molecule has 0 aliphatic heterocycles. The van der Waals surface area contributed by atoms with Crippen molar-refractivity contribution in [1.82, 2.24) is 19.8 Å². The van der Waals surface area contributed by atoms with E-state index in [1.807, 2.05) is 0 Å². The summed E-state index contributed by atoms with van der Waals surface area (Å²) in [5.74, 6) is 0. The van der Waals surface area contributed by atoms with Crippen LogP contribution >= 0.6 is 0 Å². The fourth-order valence-corrected chi connectivity index (χ4v) is 2.73. The van der Waals surface area contributed by atoms with Crippen molar-refractivity contribution in [3.63, 3.8) is 0 Å². The minimum Gasteiger partial charge on any atom is -0.472 e. The minimum absolute atomic E-state index is 0.168. The molecule has 0 unspecified atom stereocenters. The molecule has 116 valence electrons. The number of hydrogen-bond acceptors (Lipinski definition) is 5. The van der Waals surface area contributed by atoms with Crippen LogP contribution in [-0.4, -0.2) is 31.3 Å². The summed E-state index contributed by atoms with van der Waals surface area (Å²) < 4.78 is 33.2. The Hall–Kier alpha value is -1.64. The molecular weight excluding hydrogens is 292 g/mol. The van der Waals surface area contributed by atoms with Crippen LogP contribution in [0.1, 0.15) is 18.9 Å². The Bertz CT molecular complexity index is 634. The number of rotatable bonds is 9. The van der Waals surface area contributed by atoms with Crippen LogP contribution in [0.3, 0.4) is 0 Å². The third-order valence-electron chi connectivity index (χ3n) is 2.91. The molecule has 2 heterocycles. The standard InChI is InChI=1S/C13H20N4O3S/c1-2-4-14-5-6-17-10-13(9-15-17)21(18,19)16-8-12-3-7-20-11-12/h3,7,9-11,14,16H,2,4-6,8H2,1H3. The second-order valence-electron chi connectivity index (χ2n) is 4.65. The number of nitrogens with one attached hydrogen (secondary N) is 2. The highest BCUT2D eigenvalue weighted by Crippen LogP contribution is 2.08. The first-order valence-electron chi connectivity index (χ1n) is 6.85. The number of hydrogen-bond donors (Lipinski definition) is 2. The first kappa shape index (κ1) is 15.7. The molecule has 0 saturated heterocycles. The van der Waals surface area contributed by atoms with Gasteiger partial charge in [-0.3, -0.25) is 4.68 Å². The van der Waals surface area contributed by atoms with E-state index in [-0.39, 0.29) is 11.4 Å². The van der Waals surface area contributed by atoms with Crippen molar-refractivity contribution in [2.45, 2.75) is 31.3 Å². The Balaban J connectivity index is 1.89. The lowest BCUT2D eigenvalue weighted by Crippen LogP contribution is -2.23. The average molecular weight is 312 g/mol. The lowest BCUT2D eigenvalue weighted by atomic mass is 10.4. The molecule has 7 nitrogen and oxygen atoms in total. The maximum absolute atomic E-state index is 12.1. The van der Waals surface area contributed by atoms with E-state index in [4.69, 9.17) is 4.42 Å². The van der Waals surface area contributed by atoms with Crippen LogP contribution in [0.15, 0.2) is 40.3 Å². The van der Waals surface area contributed by atoms with E-state index in [1.54, 1.807) is 10.7 Å². The van der Waals surface area contributed by atoms with Crippen LogP contribution in [-0.2, 0) is 23.1 Å². The third kappa shape index (κ3) is 4.69. The molecule has 0 aliphatic carbocycles. The quantitative estimate of drug-likeness (QED) is 0.673. The van der Waals surface area contributed by atoms with Gasteiger partial charge >= 0.3 is 0 Å². The summed E-state index contributed by atoms with van der Waals surface area (Å²) in [6.07, 6.45) is 6.97. The molecule has 0 atom stereocenters. The largest absolute Gasteiger partial charge is 0.472 e. The first-order valence-corrected chi connectivity index (χ1v) is 8.34. The molecule has 2 aromatic rings. The fourth-order valence-electron chi connectivity index (χ4n) is 1.76. The van der Waals surface area contributed by atoms with E-state index in [2.05, 4.69) is 22.1 Å². The van der Waals surface area contributed by atoms with Gasteiger partial charge in [-0.25, -0.2) is 13.1 Å². The van der Waals surface area contributed by atoms with Crippen molar-refractivity contribution >= 4 is 10.0 Å². The summed E-state index contributed by atoms with van der Waals surface area (Å²) in [5, 5.41) is 7.30. The molecule has 2 N–H and O–H groups in total. The molecule has 0 bridgehead atoms. The van der Waals surface area contributed by atoms with Crippen LogP contribution in [0.4, 0.5) is 0 Å². The van der Waals surface area contributed by atoms with E-state index < -0.39 is 10.0 Å². The van der Waals surface area contributed by atoms with Crippen molar-refractivity contribution in [3.8, 4) is 0 Å². The molecule has 21 heavy (non-hydrogen) atoms. The van der Waals surface area contributed by atoms with E-state index in [0.717, 1.165) is 25.1 Å². The summed E-state index contributed by atoms with van der Waals surface area (Å²) in [6.45, 7) is 4.63. The van der Waals surface area contributed by atoms with Crippen molar-refractivity contribution in [2.24, 2.45) is 0 Å². The molecule has 2 rings (SSSR count). The second-order valence-corrected chi connectivity index (χ2v) is 6.41. The second kappa shape index (κ2) is 7.39. The van der Waals surface area contributed by atoms with Gasteiger partial charge in [0.2, 0.25) is 10.0 Å². The zero-order valence-electron chi connectivity index (χ0n) is 11.9. The topological polar surface area (TPSA) is 89.2 Å². The van der Waals surface area contributed by atoms with Gasteiger partial charge in [-0.2, -0.15) is 5.10 Å². The monoisotopic (exact) mass is 312 g/mol. The Labute approximate surface area is 124 Å². The van der Waals surface area contributed by atoms with E-state index in [0.29, 0.717) is 6.54 Å². The molecule has 0 amide bonds. The van der Waals surface area contributed by atoms with E-state index >= 15 is 0 Å². The van der Waals surface area contributed by atoms with Crippen LogP contribution in [0.2, 0.25) is 0 Å². The average Bonchev–Trinajstić information content (AvgIpc) is 3.13. The van der Waals surface area contributed by atoms with Crippen molar-refractivity contribution in [1.29, 1.82) is 0 Å². The molecule has 0 saturated carbocycles. The van der Waals surface area contributed by atoms with E-state index in [1.165, 1.54) is 24.9 Å². The van der Waals surface area contributed by atoms with Crippen LogP contribution in [0, 0.1) is 0 Å². The van der Waals surface area contributed by atoms with E-state index in [9.17, 15) is 8.42 Å². The molecule has 2 aromatic heterocycles. The summed E-state index contributed by atoms with van der Waals surface area (Å²) in [7, 11) is -3.55. The van der Waals surface area contributed by atoms with Gasteiger partial charge in [0.25, 0.3) is 0 Å². The highest BCUT2D eigenvalue weighted by atomic mass is 32.2. The number of nitrogens with zero attached hydrogens (tertiary/aromatic N) is 2. The van der Waals surface area contributed by atoms with Gasteiger partial charge in [-0.1, -0.05) is 6.92 Å². The molecule has 0 spiro atoms. The zero-order valence-corrected chi connectivity index (χ0v) is 12.8. The van der Waals surface area contributed by atoms with Crippen molar-refractivity contribution in [2.75, 3.05) is 13.1 Å². The predicted octanol–water partition coefficient (Wildman–Crippen LogP) is 0.954. The summed E-state index contributed by atoms with van der Waals surface area (Å²) in [6, 6.07) is 1.71. The smallest absolute Gasteiger partial charge is 0.243 e. The fraction of sp³-hybridized carbons (Fsp3) is 0.462. The highest BCUT2D eigenvalue weighted by Gasteiger charge is 2.16. The Morgan fingerprint density at radius 3 is 2.95 bits per heavy atom. The summed E-state index contributed by atoms with van der Waals surface area (Å²) in [4.78, 5) is 0.168. The van der Waals surface area contributed by atoms with Gasteiger partial charge in [0.15, 0.2) is 0 Å². The maximum atomic E-state index is 12.1. The predicted molar refractivity (Wildman–Crippen MR) is 78.1 cm³/mol. The number of aromatic nitrogens is 2. The molecule has 0 aliphatic rings. The summed E-state index contributed by atoms with van der Waals surface area (Å²) >= 11 is 0. The van der Waals surface area contributed by atoms with Crippen LogP contribution < -0.4 is 10.0 Å². The molecule has 0 aromatic carbocycles. The Kier molecular flexibility index (Phi) is 5.54. The van der Waals surface area contributed by atoms with Gasteiger partial charge in [-0.15, -0.1) is 0 Å². The van der Waals surface area contributed by atoms with Gasteiger partial charge < -0.3 is 9.73 Å². The zero-order chi connectivity index (χ0) is 15.1. The summed E-state index contributed by atoms with van der Waals surface area (Å²) in [5.41, 5.74) is 0.773. The highest BCUT2D eigenvalue weighted by molar-refractivity contribution is 7.89. The lowest BCUT2D eigenvalue weighted by Gasteiger charge is -2.03. The van der Waals surface area contributed by atoms with Gasteiger partial charge in [0.05, 0.1) is 25.3 Å². The maximum Gasteiger partial charge on any atom is 0.243 e. The number of sulfonamides is 1. The van der Waals surface area contributed by atoms with Crippen LogP contribution in [0.5, 0.6) is 0 Å². The Morgan fingerprint density at radius 1 is 1.38 bits per heavy atom. The third-order valence-corrected chi connectivity index (χ3v) is 4.27. The number of furan rings is 1. The van der Waals surface area contributed by atoms with Gasteiger partial charge in [0.1, 0.15) is 4.90 Å². The molecular formula is C13H20N4O3S. The molecule has 8 heteroatoms. The SMILES string of the molecule is CCCNCCn1cc(S(=O)(=O)NCc2ccoc2)cn1. The molecule has 0 radical (unpaired) electrons. The molecule has 0 fully saturated rings. The van der Waals surface area contributed by atoms with Crippen LogP contribution in [0.25, 0.3) is 0 Å². The minimum atomic E-state index is -3.55. The van der Waals surface area contributed by atoms with Gasteiger partial charge in [-0.05, 0) is 19.0 Å². The lowest BCUT2D eigenvalue weighted by molar-refractivity contribution is 0.551. The normalized spacial score (nSPS) is 11.9. The van der Waals surface area contributed by atoms with Crippen molar-refractivity contribution < 1.29 is 12.8 Å². The van der Waals surface area contributed by atoms with Crippen molar-refractivity contribution in [3.05, 3.63) is 36.5 Å². The Morgan fingerprint density at radius 2 is 2.24 bits per heavy atom.